The van der Waals surface area contributed by atoms with Crippen molar-refractivity contribution in [2.24, 2.45) is 0 Å². The van der Waals surface area contributed by atoms with Crippen LogP contribution in [0.2, 0.25) is 0 Å². The van der Waals surface area contributed by atoms with E-state index in [1.165, 1.54) is 0 Å². The van der Waals surface area contributed by atoms with E-state index < -0.39 is 0 Å². The average Bonchev–Trinajstić information content (AvgIpc) is 2.32. The third-order valence-corrected chi connectivity index (χ3v) is 2.85. The lowest BCUT2D eigenvalue weighted by atomic mass is 9.95. The molecule has 0 saturated carbocycles. The Morgan fingerprint density at radius 1 is 1.16 bits per heavy atom. The molecule has 1 aromatic rings. The van der Waals surface area contributed by atoms with Gasteiger partial charge < -0.3 is 10.1 Å². The van der Waals surface area contributed by atoms with Gasteiger partial charge in [0.05, 0.1) is 12.2 Å². The highest BCUT2D eigenvalue weighted by Gasteiger charge is 2.21. The maximum absolute atomic E-state index is 5.81. The monoisotopic (exact) mass is 265 g/mol. The van der Waals surface area contributed by atoms with Crippen molar-refractivity contribution in [2.45, 2.75) is 59.8 Å². The number of anilines is 1. The quantitative estimate of drug-likeness (QED) is 0.797. The minimum atomic E-state index is -0.0826. The van der Waals surface area contributed by atoms with Crippen molar-refractivity contribution in [3.8, 4) is 5.88 Å². The van der Waals surface area contributed by atoms with E-state index in [2.05, 4.69) is 49.9 Å². The summed E-state index contributed by atoms with van der Waals surface area (Å²) in [7, 11) is 0. The number of nitrogens with zero attached hydrogens (tertiary/aromatic N) is 2. The van der Waals surface area contributed by atoms with Crippen molar-refractivity contribution in [3.05, 3.63) is 11.4 Å². The molecule has 4 nitrogen and oxygen atoms in total. The molecular formula is C15H27N3O. The fourth-order valence-electron chi connectivity index (χ4n) is 1.62. The van der Waals surface area contributed by atoms with Gasteiger partial charge in [-0.05, 0) is 20.3 Å². The van der Waals surface area contributed by atoms with E-state index in [0.717, 1.165) is 36.6 Å². The summed E-state index contributed by atoms with van der Waals surface area (Å²) in [6.45, 7) is 14.1. The number of nitrogens with one attached hydrogen (secondary N) is 1. The molecule has 0 spiro atoms. The molecule has 1 N–H and O–H groups in total. The molecule has 1 heterocycles. The highest BCUT2D eigenvalue weighted by atomic mass is 16.5. The number of hydrogen-bond donors (Lipinski definition) is 1. The summed E-state index contributed by atoms with van der Waals surface area (Å²) in [6.07, 6.45) is 2.17. The smallest absolute Gasteiger partial charge is 0.221 e. The minimum absolute atomic E-state index is 0.0826. The van der Waals surface area contributed by atoms with Gasteiger partial charge in [-0.1, -0.05) is 34.1 Å². The summed E-state index contributed by atoms with van der Waals surface area (Å²) >= 11 is 0. The number of aromatic nitrogens is 2. The Balaban J connectivity index is 3.09. The van der Waals surface area contributed by atoms with Gasteiger partial charge in [-0.15, -0.1) is 0 Å². The largest absolute Gasteiger partial charge is 0.477 e. The van der Waals surface area contributed by atoms with Gasteiger partial charge in [-0.25, -0.2) is 4.98 Å². The van der Waals surface area contributed by atoms with E-state index in [1.807, 2.05) is 6.92 Å². The molecule has 0 amide bonds. The van der Waals surface area contributed by atoms with Crippen LogP contribution in [0.3, 0.4) is 0 Å². The van der Waals surface area contributed by atoms with E-state index in [0.29, 0.717) is 12.5 Å². The van der Waals surface area contributed by atoms with E-state index in [9.17, 15) is 0 Å². The first-order valence-corrected chi connectivity index (χ1v) is 7.15. The molecule has 108 valence electrons. The van der Waals surface area contributed by atoms with E-state index in [-0.39, 0.29) is 5.41 Å². The van der Waals surface area contributed by atoms with Crippen LogP contribution in [0.25, 0.3) is 0 Å². The molecule has 0 fully saturated rings. The fourth-order valence-corrected chi connectivity index (χ4v) is 1.62. The van der Waals surface area contributed by atoms with Crippen LogP contribution in [0, 0.1) is 6.92 Å². The Bertz CT molecular complexity index is 411. The molecule has 0 unspecified atom stereocenters. The Kier molecular flexibility index (Phi) is 5.58. The molecule has 0 aliphatic carbocycles. The van der Waals surface area contributed by atoms with Crippen molar-refractivity contribution in [2.75, 3.05) is 18.5 Å². The Morgan fingerprint density at radius 3 is 2.37 bits per heavy atom. The molecule has 0 radical (unpaired) electrons. The Hall–Kier alpha value is -1.32. The molecule has 0 atom stereocenters. The predicted molar refractivity (Wildman–Crippen MR) is 80.0 cm³/mol. The fraction of sp³-hybridized carbons (Fsp3) is 0.733. The molecule has 0 aromatic carbocycles. The van der Waals surface area contributed by atoms with Gasteiger partial charge in [0, 0.05) is 12.0 Å². The predicted octanol–water partition coefficient (Wildman–Crippen LogP) is 3.69. The van der Waals surface area contributed by atoms with E-state index >= 15 is 0 Å². The zero-order valence-electron chi connectivity index (χ0n) is 13.1. The first kappa shape index (κ1) is 15.7. The van der Waals surface area contributed by atoms with Gasteiger partial charge in [-0.3, -0.25) is 0 Å². The van der Waals surface area contributed by atoms with Gasteiger partial charge in [0.15, 0.2) is 0 Å². The number of unbranched alkanes of at least 4 members (excludes halogenated alkanes) is 1. The number of hydrogen-bond acceptors (Lipinski definition) is 4. The third-order valence-electron chi connectivity index (χ3n) is 2.85. The maximum Gasteiger partial charge on any atom is 0.221 e. The normalized spacial score (nSPS) is 11.5. The van der Waals surface area contributed by atoms with Crippen LogP contribution in [0.5, 0.6) is 5.88 Å². The van der Waals surface area contributed by atoms with Crippen LogP contribution in [-0.4, -0.2) is 23.1 Å². The van der Waals surface area contributed by atoms with Gasteiger partial charge in [-0.2, -0.15) is 4.98 Å². The second-order valence-corrected chi connectivity index (χ2v) is 5.81. The molecule has 19 heavy (non-hydrogen) atoms. The van der Waals surface area contributed by atoms with Crippen molar-refractivity contribution in [1.29, 1.82) is 0 Å². The Labute approximate surface area is 117 Å². The molecular weight excluding hydrogens is 238 g/mol. The van der Waals surface area contributed by atoms with Gasteiger partial charge >= 0.3 is 0 Å². The summed E-state index contributed by atoms with van der Waals surface area (Å²) in [5.41, 5.74) is 0.909. The van der Waals surface area contributed by atoms with Crippen LogP contribution in [0.1, 0.15) is 58.8 Å². The number of rotatable bonds is 6. The third kappa shape index (κ3) is 4.37. The van der Waals surface area contributed by atoms with Gasteiger partial charge in [0.25, 0.3) is 0 Å². The summed E-state index contributed by atoms with van der Waals surface area (Å²) in [4.78, 5) is 9.20. The van der Waals surface area contributed by atoms with E-state index in [4.69, 9.17) is 4.74 Å². The summed E-state index contributed by atoms with van der Waals surface area (Å²) in [5, 5.41) is 3.29. The second kappa shape index (κ2) is 6.73. The highest BCUT2D eigenvalue weighted by Crippen LogP contribution is 2.27. The molecule has 0 aliphatic heterocycles. The molecule has 1 aromatic heterocycles. The van der Waals surface area contributed by atoms with Crippen LogP contribution in [-0.2, 0) is 5.41 Å². The highest BCUT2D eigenvalue weighted by molar-refractivity contribution is 5.49. The molecule has 0 aliphatic rings. The summed E-state index contributed by atoms with van der Waals surface area (Å²) < 4.78 is 5.81. The van der Waals surface area contributed by atoms with Crippen molar-refractivity contribution in [1.82, 2.24) is 9.97 Å². The van der Waals surface area contributed by atoms with Crippen molar-refractivity contribution < 1.29 is 4.74 Å². The van der Waals surface area contributed by atoms with Crippen LogP contribution in [0.15, 0.2) is 0 Å². The summed E-state index contributed by atoms with van der Waals surface area (Å²) in [5.74, 6) is 2.42. The second-order valence-electron chi connectivity index (χ2n) is 5.81. The molecule has 1 rings (SSSR count). The first-order valence-electron chi connectivity index (χ1n) is 7.15. The molecule has 4 heteroatoms. The van der Waals surface area contributed by atoms with Crippen molar-refractivity contribution >= 4 is 5.82 Å². The van der Waals surface area contributed by atoms with Crippen molar-refractivity contribution in [3.63, 3.8) is 0 Å². The minimum Gasteiger partial charge on any atom is -0.477 e. The average molecular weight is 265 g/mol. The zero-order valence-corrected chi connectivity index (χ0v) is 13.1. The zero-order chi connectivity index (χ0) is 14.5. The SMILES string of the molecule is CCCCOc1nc(C(C)(C)C)nc(NCC)c1C. The standard InChI is InChI=1S/C15H27N3O/c1-7-9-10-19-13-11(3)12(16-8-2)17-14(18-13)15(4,5)6/h7-10H2,1-6H3,(H,16,17,18). The van der Waals surface area contributed by atoms with Gasteiger partial charge in [0.1, 0.15) is 11.6 Å². The van der Waals surface area contributed by atoms with Crippen LogP contribution >= 0.6 is 0 Å². The molecule has 0 saturated heterocycles. The van der Waals surface area contributed by atoms with Crippen LogP contribution in [0.4, 0.5) is 5.82 Å². The molecule has 0 bridgehead atoms. The number of ether oxygens (including phenoxy) is 1. The van der Waals surface area contributed by atoms with Crippen LogP contribution < -0.4 is 10.1 Å². The lowest BCUT2D eigenvalue weighted by Crippen LogP contribution is -2.19. The Morgan fingerprint density at radius 2 is 1.84 bits per heavy atom. The van der Waals surface area contributed by atoms with E-state index in [1.54, 1.807) is 0 Å². The summed E-state index contributed by atoms with van der Waals surface area (Å²) in [6, 6.07) is 0. The topological polar surface area (TPSA) is 47.0 Å². The lowest BCUT2D eigenvalue weighted by Gasteiger charge is -2.20. The first-order chi connectivity index (χ1) is 8.90. The lowest BCUT2D eigenvalue weighted by molar-refractivity contribution is 0.292. The van der Waals surface area contributed by atoms with Gasteiger partial charge in [0.2, 0.25) is 5.88 Å². The maximum atomic E-state index is 5.81.